The van der Waals surface area contributed by atoms with Gasteiger partial charge in [-0.3, -0.25) is 4.68 Å². The predicted octanol–water partition coefficient (Wildman–Crippen LogP) is 3.29. The van der Waals surface area contributed by atoms with E-state index in [0.29, 0.717) is 0 Å². The fourth-order valence-electron chi connectivity index (χ4n) is 3.28. The normalized spacial score (nSPS) is 11.2. The van der Waals surface area contributed by atoms with E-state index in [-0.39, 0.29) is 0 Å². The van der Waals surface area contributed by atoms with E-state index < -0.39 is 0 Å². The van der Waals surface area contributed by atoms with Gasteiger partial charge in [0.05, 0.1) is 23.9 Å². The average molecular weight is 361 g/mol. The molecule has 0 N–H and O–H groups in total. The first-order chi connectivity index (χ1) is 13.3. The van der Waals surface area contributed by atoms with Gasteiger partial charge in [-0.05, 0) is 13.8 Å². The number of benzene rings is 1. The second kappa shape index (κ2) is 7.57. The van der Waals surface area contributed by atoms with Gasteiger partial charge in [0.25, 0.3) is 0 Å². The summed E-state index contributed by atoms with van der Waals surface area (Å²) in [6.07, 6.45) is 8.48. The molecular formula is C20H23N7. The fourth-order valence-corrected chi connectivity index (χ4v) is 3.28. The van der Waals surface area contributed by atoms with Crippen LogP contribution in [0, 0.1) is 0 Å². The van der Waals surface area contributed by atoms with Crippen LogP contribution in [0.3, 0.4) is 0 Å². The Morgan fingerprint density at radius 3 is 2.52 bits per heavy atom. The topological polar surface area (TPSA) is 66.3 Å². The van der Waals surface area contributed by atoms with Crippen molar-refractivity contribution in [3.63, 3.8) is 0 Å². The second-order valence-electron chi connectivity index (χ2n) is 6.37. The molecule has 7 nitrogen and oxygen atoms in total. The molecule has 0 amide bonds. The molecule has 138 valence electrons. The highest BCUT2D eigenvalue weighted by atomic mass is 15.3. The van der Waals surface area contributed by atoms with E-state index in [0.717, 1.165) is 54.4 Å². The summed E-state index contributed by atoms with van der Waals surface area (Å²) in [5.41, 5.74) is 4.24. The first-order valence-electron chi connectivity index (χ1n) is 9.30. The van der Waals surface area contributed by atoms with Crippen LogP contribution >= 0.6 is 0 Å². The SMILES string of the molecule is CCn1cc(-c2c(-c3ccccc3)ncn2CCc2nncn2CC)cn1. The molecule has 0 fully saturated rings. The Morgan fingerprint density at radius 1 is 0.926 bits per heavy atom. The molecule has 0 aliphatic carbocycles. The van der Waals surface area contributed by atoms with Crippen molar-refractivity contribution in [2.75, 3.05) is 0 Å². The smallest absolute Gasteiger partial charge is 0.134 e. The average Bonchev–Trinajstić information content (AvgIpc) is 3.44. The van der Waals surface area contributed by atoms with Crippen molar-refractivity contribution in [2.24, 2.45) is 0 Å². The number of imidazole rings is 1. The summed E-state index contributed by atoms with van der Waals surface area (Å²) >= 11 is 0. The zero-order valence-corrected chi connectivity index (χ0v) is 15.7. The van der Waals surface area contributed by atoms with Crippen molar-refractivity contribution in [3.05, 3.63) is 61.2 Å². The maximum absolute atomic E-state index is 4.72. The number of hydrogen-bond acceptors (Lipinski definition) is 4. The van der Waals surface area contributed by atoms with E-state index in [9.17, 15) is 0 Å². The Kier molecular flexibility index (Phi) is 4.82. The lowest BCUT2D eigenvalue weighted by Crippen LogP contribution is -2.07. The van der Waals surface area contributed by atoms with Gasteiger partial charge in [0.15, 0.2) is 0 Å². The number of aryl methyl sites for hydroxylation is 4. The molecule has 0 bridgehead atoms. The Bertz CT molecular complexity index is 1010. The summed E-state index contributed by atoms with van der Waals surface area (Å²) in [5, 5.41) is 12.7. The van der Waals surface area contributed by atoms with Crippen LogP contribution in [0.25, 0.3) is 22.5 Å². The van der Waals surface area contributed by atoms with Crippen LogP contribution in [0.15, 0.2) is 55.4 Å². The number of hydrogen-bond donors (Lipinski definition) is 0. The number of rotatable bonds is 7. The molecule has 7 heteroatoms. The third kappa shape index (κ3) is 3.40. The summed E-state index contributed by atoms with van der Waals surface area (Å²) < 4.78 is 6.20. The third-order valence-corrected chi connectivity index (χ3v) is 4.73. The van der Waals surface area contributed by atoms with E-state index >= 15 is 0 Å². The largest absolute Gasteiger partial charge is 0.330 e. The molecule has 0 atom stereocenters. The van der Waals surface area contributed by atoms with Crippen LogP contribution in [0.5, 0.6) is 0 Å². The Balaban J connectivity index is 1.72. The van der Waals surface area contributed by atoms with Crippen LogP contribution in [0.2, 0.25) is 0 Å². The van der Waals surface area contributed by atoms with Gasteiger partial charge >= 0.3 is 0 Å². The summed E-state index contributed by atoms with van der Waals surface area (Å²) in [4.78, 5) is 4.72. The quantitative estimate of drug-likeness (QED) is 0.507. The van der Waals surface area contributed by atoms with Crippen molar-refractivity contribution in [1.29, 1.82) is 0 Å². The lowest BCUT2D eigenvalue weighted by molar-refractivity contribution is 0.627. The summed E-state index contributed by atoms with van der Waals surface area (Å²) in [7, 11) is 0. The minimum absolute atomic E-state index is 0.783. The molecule has 0 saturated carbocycles. The Hall–Kier alpha value is -3.22. The zero-order valence-electron chi connectivity index (χ0n) is 15.7. The molecule has 4 rings (SSSR count). The fraction of sp³-hybridized carbons (Fsp3) is 0.300. The molecule has 0 radical (unpaired) electrons. The minimum atomic E-state index is 0.783. The van der Waals surface area contributed by atoms with Gasteiger partial charge in [0, 0.05) is 43.4 Å². The van der Waals surface area contributed by atoms with Crippen LogP contribution in [-0.4, -0.2) is 34.1 Å². The van der Waals surface area contributed by atoms with Crippen molar-refractivity contribution < 1.29 is 0 Å². The van der Waals surface area contributed by atoms with Gasteiger partial charge < -0.3 is 9.13 Å². The first-order valence-corrected chi connectivity index (χ1v) is 9.30. The van der Waals surface area contributed by atoms with Crippen molar-refractivity contribution in [1.82, 2.24) is 34.1 Å². The first kappa shape index (κ1) is 17.2. The predicted molar refractivity (Wildman–Crippen MR) is 104 cm³/mol. The minimum Gasteiger partial charge on any atom is -0.330 e. The molecule has 4 aromatic rings. The number of nitrogens with zero attached hydrogens (tertiary/aromatic N) is 7. The van der Waals surface area contributed by atoms with Crippen LogP contribution in [0.4, 0.5) is 0 Å². The maximum Gasteiger partial charge on any atom is 0.134 e. The summed E-state index contributed by atoms with van der Waals surface area (Å²) in [6, 6.07) is 10.3. The summed E-state index contributed by atoms with van der Waals surface area (Å²) in [5.74, 6) is 0.989. The highest BCUT2D eigenvalue weighted by Gasteiger charge is 2.17. The van der Waals surface area contributed by atoms with E-state index in [4.69, 9.17) is 4.98 Å². The molecule has 0 aliphatic rings. The van der Waals surface area contributed by atoms with Crippen molar-refractivity contribution in [3.8, 4) is 22.5 Å². The maximum atomic E-state index is 4.72. The van der Waals surface area contributed by atoms with Gasteiger partial charge in [-0.1, -0.05) is 30.3 Å². The van der Waals surface area contributed by atoms with Crippen LogP contribution < -0.4 is 0 Å². The molecule has 0 aliphatic heterocycles. The zero-order chi connectivity index (χ0) is 18.6. The van der Waals surface area contributed by atoms with E-state index in [2.05, 4.69) is 56.6 Å². The third-order valence-electron chi connectivity index (χ3n) is 4.73. The van der Waals surface area contributed by atoms with Gasteiger partial charge in [-0.25, -0.2) is 4.98 Å². The lowest BCUT2D eigenvalue weighted by Gasteiger charge is -2.09. The molecule has 0 spiro atoms. The molecule has 1 aromatic carbocycles. The monoisotopic (exact) mass is 361 g/mol. The molecular weight excluding hydrogens is 338 g/mol. The van der Waals surface area contributed by atoms with E-state index in [1.807, 2.05) is 35.4 Å². The van der Waals surface area contributed by atoms with Crippen molar-refractivity contribution >= 4 is 0 Å². The summed E-state index contributed by atoms with van der Waals surface area (Å²) in [6.45, 7) is 6.68. The van der Waals surface area contributed by atoms with Crippen LogP contribution in [0.1, 0.15) is 19.7 Å². The van der Waals surface area contributed by atoms with Gasteiger partial charge in [0.2, 0.25) is 0 Å². The molecule has 3 aromatic heterocycles. The molecule has 27 heavy (non-hydrogen) atoms. The molecule has 0 unspecified atom stereocenters. The van der Waals surface area contributed by atoms with E-state index in [1.54, 1.807) is 6.33 Å². The molecule has 3 heterocycles. The highest BCUT2D eigenvalue weighted by molar-refractivity contribution is 5.78. The van der Waals surface area contributed by atoms with E-state index in [1.165, 1.54) is 0 Å². The number of aromatic nitrogens is 7. The van der Waals surface area contributed by atoms with Gasteiger partial charge in [-0.2, -0.15) is 5.10 Å². The van der Waals surface area contributed by atoms with Gasteiger partial charge in [0.1, 0.15) is 12.2 Å². The second-order valence-corrected chi connectivity index (χ2v) is 6.37. The van der Waals surface area contributed by atoms with Gasteiger partial charge in [-0.15, -0.1) is 10.2 Å². The van der Waals surface area contributed by atoms with Crippen LogP contribution in [-0.2, 0) is 26.1 Å². The highest BCUT2D eigenvalue weighted by Crippen LogP contribution is 2.31. The molecule has 0 saturated heterocycles. The van der Waals surface area contributed by atoms with Crippen molar-refractivity contribution in [2.45, 2.75) is 39.9 Å². The lowest BCUT2D eigenvalue weighted by atomic mass is 10.1. The standard InChI is InChI=1S/C20H23N7/c1-3-25-15-22-24-18(25)10-11-26-14-21-19(16-8-6-5-7-9-16)20(26)17-12-23-27(4-2)13-17/h5-9,12-15H,3-4,10-11H2,1-2H3. The Morgan fingerprint density at radius 2 is 1.78 bits per heavy atom. The Labute approximate surface area is 158 Å².